The highest BCUT2D eigenvalue weighted by atomic mass is 19.1. The Morgan fingerprint density at radius 3 is 2.52 bits per heavy atom. The van der Waals surface area contributed by atoms with Crippen LogP contribution in [0.1, 0.15) is 37.8 Å². The lowest BCUT2D eigenvalue weighted by atomic mass is 9.81. The normalized spacial score (nSPS) is 16.4. The van der Waals surface area contributed by atoms with Crippen LogP contribution < -0.4 is 5.32 Å². The quantitative estimate of drug-likeness (QED) is 0.868. The Labute approximate surface area is 144 Å². The van der Waals surface area contributed by atoms with E-state index in [1.807, 2.05) is 0 Å². The number of aliphatic carboxylic acids is 1. The smallest absolute Gasteiger partial charge is 0.329 e. The van der Waals surface area contributed by atoms with Gasteiger partial charge in [-0.15, -0.1) is 0 Å². The van der Waals surface area contributed by atoms with Crippen LogP contribution in [0, 0.1) is 5.82 Å². The third-order valence-corrected chi connectivity index (χ3v) is 4.48. The molecule has 0 radical (unpaired) electrons. The summed E-state index contributed by atoms with van der Waals surface area (Å²) in [5.74, 6) is -1.47. The molecule has 1 saturated carbocycles. The summed E-state index contributed by atoms with van der Waals surface area (Å²) in [5, 5.41) is 12.2. The van der Waals surface area contributed by atoms with Gasteiger partial charge >= 0.3 is 5.97 Å². The molecule has 0 spiro atoms. The second-order valence-corrected chi connectivity index (χ2v) is 6.32. The number of nitrogens with zero attached hydrogens (tertiary/aromatic N) is 1. The van der Waals surface area contributed by atoms with Gasteiger partial charge in [-0.1, -0.05) is 19.3 Å². The number of amides is 1. The van der Waals surface area contributed by atoms with Crippen molar-refractivity contribution in [2.45, 2.75) is 44.1 Å². The topological polar surface area (TPSA) is 92.4 Å². The summed E-state index contributed by atoms with van der Waals surface area (Å²) in [6, 6.07) is 5.66. The van der Waals surface area contributed by atoms with Crippen LogP contribution in [0.4, 0.5) is 4.39 Å². The summed E-state index contributed by atoms with van der Waals surface area (Å²) in [6.45, 7) is 0. The summed E-state index contributed by atoms with van der Waals surface area (Å²) in [7, 11) is 0. The zero-order chi connectivity index (χ0) is 17.9. The standard InChI is InChI=1S/C18H19FN2O4/c19-13-6-4-12(5-7-13)16-20-14(11-25-16)10-15(22)21-18(17(23)24)8-2-1-3-9-18/h4-7,11H,1-3,8-10H2,(H,21,22)(H,23,24). The monoisotopic (exact) mass is 346 g/mol. The van der Waals surface area contributed by atoms with Crippen molar-refractivity contribution >= 4 is 11.9 Å². The van der Waals surface area contributed by atoms with Crippen molar-refractivity contribution in [3.63, 3.8) is 0 Å². The maximum absolute atomic E-state index is 13.0. The molecule has 1 aromatic carbocycles. The number of carbonyl (C=O) groups excluding carboxylic acids is 1. The summed E-state index contributed by atoms with van der Waals surface area (Å²) < 4.78 is 18.3. The average molecular weight is 346 g/mol. The van der Waals surface area contributed by atoms with Crippen LogP contribution in [0.25, 0.3) is 11.5 Å². The molecule has 0 aliphatic heterocycles. The summed E-state index contributed by atoms with van der Waals surface area (Å²) in [4.78, 5) is 28.1. The fourth-order valence-corrected chi connectivity index (χ4v) is 3.14. The van der Waals surface area contributed by atoms with Gasteiger partial charge in [-0.05, 0) is 37.1 Å². The maximum Gasteiger partial charge on any atom is 0.329 e. The molecular weight excluding hydrogens is 327 g/mol. The molecular formula is C18H19FN2O4. The minimum absolute atomic E-state index is 0.0697. The van der Waals surface area contributed by atoms with E-state index >= 15 is 0 Å². The largest absolute Gasteiger partial charge is 0.480 e. The molecule has 0 atom stereocenters. The number of hydrogen-bond donors (Lipinski definition) is 2. The van der Waals surface area contributed by atoms with Crippen LogP contribution in [0.5, 0.6) is 0 Å². The molecule has 1 fully saturated rings. The third-order valence-electron chi connectivity index (χ3n) is 4.48. The van der Waals surface area contributed by atoms with E-state index in [2.05, 4.69) is 10.3 Å². The first-order valence-electron chi connectivity index (χ1n) is 8.23. The van der Waals surface area contributed by atoms with E-state index in [4.69, 9.17) is 4.42 Å². The number of benzene rings is 1. The van der Waals surface area contributed by atoms with Crippen LogP contribution in [0.3, 0.4) is 0 Å². The summed E-state index contributed by atoms with van der Waals surface area (Å²) in [6.07, 6.45) is 4.71. The highest BCUT2D eigenvalue weighted by Gasteiger charge is 2.40. The van der Waals surface area contributed by atoms with Crippen LogP contribution in [-0.2, 0) is 16.0 Å². The predicted molar refractivity (Wildman–Crippen MR) is 87.2 cm³/mol. The molecule has 132 valence electrons. The van der Waals surface area contributed by atoms with E-state index in [0.29, 0.717) is 24.1 Å². The molecule has 1 amide bonds. The summed E-state index contributed by atoms with van der Waals surface area (Å²) in [5.41, 5.74) is -0.186. The van der Waals surface area contributed by atoms with Gasteiger partial charge in [0.15, 0.2) is 0 Å². The van der Waals surface area contributed by atoms with Crippen LogP contribution >= 0.6 is 0 Å². The zero-order valence-electron chi connectivity index (χ0n) is 13.6. The van der Waals surface area contributed by atoms with E-state index in [1.54, 1.807) is 0 Å². The molecule has 3 rings (SSSR count). The summed E-state index contributed by atoms with van der Waals surface area (Å²) >= 11 is 0. The van der Waals surface area contributed by atoms with Gasteiger partial charge in [0.25, 0.3) is 0 Å². The van der Waals surface area contributed by atoms with Gasteiger partial charge in [-0.2, -0.15) is 0 Å². The predicted octanol–water partition coefficient (Wildman–Crippen LogP) is 2.93. The number of oxazole rings is 1. The van der Waals surface area contributed by atoms with Crippen molar-refractivity contribution in [1.82, 2.24) is 10.3 Å². The zero-order valence-corrected chi connectivity index (χ0v) is 13.6. The van der Waals surface area contributed by atoms with Gasteiger partial charge in [0, 0.05) is 5.56 Å². The molecule has 1 heterocycles. The molecule has 1 aliphatic rings. The Morgan fingerprint density at radius 1 is 1.20 bits per heavy atom. The Hall–Kier alpha value is -2.70. The first-order chi connectivity index (χ1) is 12.0. The minimum atomic E-state index is -1.18. The Balaban J connectivity index is 1.67. The lowest BCUT2D eigenvalue weighted by molar-refractivity contribution is -0.149. The maximum atomic E-state index is 13.0. The van der Waals surface area contributed by atoms with Crippen LogP contribution in [-0.4, -0.2) is 27.5 Å². The van der Waals surface area contributed by atoms with Gasteiger partial charge in [0.05, 0.1) is 12.1 Å². The van der Waals surface area contributed by atoms with Crippen molar-refractivity contribution < 1.29 is 23.5 Å². The highest BCUT2D eigenvalue weighted by Crippen LogP contribution is 2.28. The Kier molecular flexibility index (Phi) is 4.83. The SMILES string of the molecule is O=C(Cc1coc(-c2ccc(F)cc2)n1)NC1(C(=O)O)CCCCC1. The Morgan fingerprint density at radius 2 is 1.88 bits per heavy atom. The van der Waals surface area contributed by atoms with Crippen molar-refractivity contribution in [1.29, 1.82) is 0 Å². The van der Waals surface area contributed by atoms with Gasteiger partial charge in [0.1, 0.15) is 17.6 Å². The first-order valence-corrected chi connectivity index (χ1v) is 8.23. The highest BCUT2D eigenvalue weighted by molar-refractivity contribution is 5.87. The third kappa shape index (κ3) is 3.87. The fraction of sp³-hybridized carbons (Fsp3) is 0.389. The van der Waals surface area contributed by atoms with E-state index < -0.39 is 17.4 Å². The molecule has 2 N–H and O–H groups in total. The number of rotatable bonds is 5. The number of nitrogens with one attached hydrogen (secondary N) is 1. The van der Waals surface area contributed by atoms with Crippen molar-refractivity contribution in [2.75, 3.05) is 0 Å². The van der Waals surface area contributed by atoms with Gasteiger partial charge in [0.2, 0.25) is 11.8 Å². The number of hydrogen-bond acceptors (Lipinski definition) is 4. The molecule has 2 aromatic rings. The van der Waals surface area contributed by atoms with E-state index in [1.165, 1.54) is 30.5 Å². The molecule has 7 heteroatoms. The second-order valence-electron chi connectivity index (χ2n) is 6.32. The van der Waals surface area contributed by atoms with E-state index in [-0.39, 0.29) is 18.1 Å². The second kappa shape index (κ2) is 7.04. The number of aromatic nitrogens is 1. The lowest BCUT2D eigenvalue weighted by Gasteiger charge is -2.33. The molecule has 0 bridgehead atoms. The van der Waals surface area contributed by atoms with Gasteiger partial charge in [-0.3, -0.25) is 4.79 Å². The van der Waals surface area contributed by atoms with Gasteiger partial charge in [-0.25, -0.2) is 14.2 Å². The number of carboxylic acids is 1. The molecule has 1 aromatic heterocycles. The lowest BCUT2D eigenvalue weighted by Crippen LogP contribution is -2.56. The molecule has 0 saturated heterocycles. The number of carbonyl (C=O) groups is 2. The van der Waals surface area contributed by atoms with Gasteiger partial charge < -0.3 is 14.8 Å². The number of carboxylic acid groups (broad SMARTS) is 1. The first kappa shape index (κ1) is 17.1. The number of halogens is 1. The van der Waals surface area contributed by atoms with Crippen LogP contribution in [0.15, 0.2) is 34.9 Å². The van der Waals surface area contributed by atoms with E-state index in [9.17, 15) is 19.1 Å². The molecule has 0 unspecified atom stereocenters. The molecule has 25 heavy (non-hydrogen) atoms. The Bertz CT molecular complexity index is 764. The minimum Gasteiger partial charge on any atom is -0.480 e. The average Bonchev–Trinajstić information content (AvgIpc) is 3.04. The van der Waals surface area contributed by atoms with Crippen molar-refractivity contribution in [3.05, 3.63) is 42.0 Å². The van der Waals surface area contributed by atoms with Crippen LogP contribution in [0.2, 0.25) is 0 Å². The fourth-order valence-electron chi connectivity index (χ4n) is 3.14. The molecule has 1 aliphatic carbocycles. The molecule has 6 nitrogen and oxygen atoms in total. The van der Waals surface area contributed by atoms with E-state index in [0.717, 1.165) is 19.3 Å². The van der Waals surface area contributed by atoms with Crippen molar-refractivity contribution in [3.8, 4) is 11.5 Å². The van der Waals surface area contributed by atoms with Crippen molar-refractivity contribution in [2.24, 2.45) is 0 Å².